The van der Waals surface area contributed by atoms with Crippen LogP contribution in [0, 0.1) is 0 Å². The highest BCUT2D eigenvalue weighted by molar-refractivity contribution is 8.00. The van der Waals surface area contributed by atoms with E-state index in [-0.39, 0.29) is 5.75 Å². The molecule has 104 valence electrons. The summed E-state index contributed by atoms with van der Waals surface area (Å²) in [4.78, 5) is 23.2. The number of primary amides is 1. The van der Waals surface area contributed by atoms with Crippen LogP contribution in [0.2, 0.25) is 0 Å². The zero-order chi connectivity index (χ0) is 14.7. The number of hydrogen-bond donors (Lipinski definition) is 3. The van der Waals surface area contributed by atoms with Gasteiger partial charge in [0.15, 0.2) is 0 Å². The van der Waals surface area contributed by atoms with Gasteiger partial charge in [-0.2, -0.15) is 0 Å². The van der Waals surface area contributed by atoms with Crippen LogP contribution in [-0.4, -0.2) is 22.3 Å². The molecule has 3 amide bonds. The van der Waals surface area contributed by atoms with Gasteiger partial charge in [-0.3, -0.25) is 10.1 Å². The van der Waals surface area contributed by atoms with Crippen molar-refractivity contribution in [3.05, 3.63) is 36.4 Å². The van der Waals surface area contributed by atoms with Crippen LogP contribution >= 0.6 is 11.8 Å². The maximum absolute atomic E-state index is 11.7. The fraction of sp³-hybridized carbons (Fsp3) is 0.143. The van der Waals surface area contributed by atoms with Crippen LogP contribution in [0.5, 0.6) is 5.75 Å². The Morgan fingerprint density at radius 1 is 1.20 bits per heavy atom. The van der Waals surface area contributed by atoms with E-state index in [1.54, 1.807) is 19.1 Å². The maximum Gasteiger partial charge on any atom is 0.318 e. The smallest absolute Gasteiger partial charge is 0.318 e. The molecule has 1 atom stereocenters. The van der Waals surface area contributed by atoms with Gasteiger partial charge in [-0.1, -0.05) is 24.3 Å². The van der Waals surface area contributed by atoms with Crippen LogP contribution in [0.15, 0.2) is 41.3 Å². The Morgan fingerprint density at radius 3 is 2.50 bits per heavy atom. The number of rotatable bonds is 3. The molecule has 0 aromatic heterocycles. The van der Waals surface area contributed by atoms with Gasteiger partial charge in [0.25, 0.3) is 0 Å². The van der Waals surface area contributed by atoms with Crippen molar-refractivity contribution in [3.63, 3.8) is 0 Å². The van der Waals surface area contributed by atoms with E-state index in [4.69, 9.17) is 5.73 Å². The highest BCUT2D eigenvalue weighted by Crippen LogP contribution is 2.35. The van der Waals surface area contributed by atoms with Crippen LogP contribution in [0.25, 0.3) is 10.8 Å². The minimum absolute atomic E-state index is 0.194. The molecule has 0 aliphatic heterocycles. The van der Waals surface area contributed by atoms with Crippen LogP contribution in [-0.2, 0) is 4.79 Å². The third kappa shape index (κ3) is 3.03. The SMILES string of the molecule is CC(Sc1ccc(O)c2ccccc12)C(=O)NC(N)=O. The van der Waals surface area contributed by atoms with Gasteiger partial charge in [-0.05, 0) is 24.4 Å². The predicted octanol–water partition coefficient (Wildman–Crippen LogP) is 2.22. The van der Waals surface area contributed by atoms with Crippen LogP contribution in [0.4, 0.5) is 4.79 Å². The molecule has 20 heavy (non-hydrogen) atoms. The van der Waals surface area contributed by atoms with Crippen molar-refractivity contribution < 1.29 is 14.7 Å². The highest BCUT2D eigenvalue weighted by Gasteiger charge is 2.17. The molecule has 0 saturated heterocycles. The number of phenols is 1. The number of carbonyl (C=O) groups excluding carboxylic acids is 2. The summed E-state index contributed by atoms with van der Waals surface area (Å²) in [6.07, 6.45) is 0. The molecule has 6 heteroatoms. The van der Waals surface area contributed by atoms with Gasteiger partial charge in [-0.25, -0.2) is 4.79 Å². The number of hydrogen-bond acceptors (Lipinski definition) is 4. The average molecular weight is 290 g/mol. The molecule has 2 aromatic rings. The molecule has 0 radical (unpaired) electrons. The molecule has 0 heterocycles. The molecule has 0 bridgehead atoms. The van der Waals surface area contributed by atoms with Crippen molar-refractivity contribution in [1.29, 1.82) is 0 Å². The normalized spacial score (nSPS) is 12.1. The Balaban J connectivity index is 2.28. The second-order valence-corrected chi connectivity index (χ2v) is 5.62. The first kappa shape index (κ1) is 14.2. The maximum atomic E-state index is 11.7. The van der Waals surface area contributed by atoms with Crippen LogP contribution in [0.3, 0.4) is 0 Å². The quantitative estimate of drug-likeness (QED) is 0.756. The van der Waals surface area contributed by atoms with E-state index < -0.39 is 17.2 Å². The van der Waals surface area contributed by atoms with Gasteiger partial charge in [0, 0.05) is 10.3 Å². The Labute approximate surface area is 120 Å². The summed E-state index contributed by atoms with van der Waals surface area (Å²) in [6.45, 7) is 1.69. The first-order valence-corrected chi connectivity index (χ1v) is 6.84. The largest absolute Gasteiger partial charge is 0.507 e. The Bertz CT molecular complexity index is 673. The fourth-order valence-corrected chi connectivity index (χ4v) is 2.82. The van der Waals surface area contributed by atoms with Gasteiger partial charge in [0.05, 0.1) is 5.25 Å². The number of nitrogens with two attached hydrogens (primary N) is 1. The lowest BCUT2D eigenvalue weighted by molar-refractivity contribution is -0.119. The number of imide groups is 1. The monoisotopic (exact) mass is 290 g/mol. The third-order valence-electron chi connectivity index (χ3n) is 2.78. The molecular formula is C14H14N2O3S. The molecule has 2 aromatic carbocycles. The van der Waals surface area contributed by atoms with E-state index in [0.29, 0.717) is 0 Å². The molecule has 4 N–H and O–H groups in total. The van der Waals surface area contributed by atoms with Gasteiger partial charge >= 0.3 is 6.03 Å². The topological polar surface area (TPSA) is 92.4 Å². The summed E-state index contributed by atoms with van der Waals surface area (Å²) < 4.78 is 0. The number of phenolic OH excluding ortho intramolecular Hbond substituents is 1. The lowest BCUT2D eigenvalue weighted by Gasteiger charge is -2.12. The first-order valence-electron chi connectivity index (χ1n) is 5.96. The molecular weight excluding hydrogens is 276 g/mol. The van der Waals surface area contributed by atoms with Crippen molar-refractivity contribution in [1.82, 2.24) is 5.32 Å². The van der Waals surface area contributed by atoms with E-state index in [9.17, 15) is 14.7 Å². The summed E-state index contributed by atoms with van der Waals surface area (Å²) in [5.41, 5.74) is 4.92. The minimum atomic E-state index is -0.863. The summed E-state index contributed by atoms with van der Waals surface area (Å²) in [6, 6.07) is 9.84. The standard InChI is InChI=1S/C14H14N2O3S/c1-8(13(18)16-14(15)19)20-12-7-6-11(17)9-4-2-3-5-10(9)12/h2-8,17H,1H3,(H3,15,16,18,19). The number of nitrogens with one attached hydrogen (secondary N) is 1. The predicted molar refractivity (Wildman–Crippen MR) is 78.7 cm³/mol. The van der Waals surface area contributed by atoms with E-state index >= 15 is 0 Å². The van der Waals surface area contributed by atoms with Gasteiger partial charge in [0.1, 0.15) is 5.75 Å². The molecule has 2 rings (SSSR count). The third-order valence-corrected chi connectivity index (χ3v) is 3.96. The number of thioether (sulfide) groups is 1. The molecule has 0 aliphatic carbocycles. The van der Waals surface area contributed by atoms with Crippen LogP contribution < -0.4 is 11.1 Å². The van der Waals surface area contributed by atoms with E-state index in [0.717, 1.165) is 15.7 Å². The second-order valence-electron chi connectivity index (χ2n) is 4.24. The summed E-state index contributed by atoms with van der Waals surface area (Å²) in [5, 5.41) is 13.0. The van der Waals surface area contributed by atoms with Gasteiger partial charge in [0.2, 0.25) is 5.91 Å². The number of aromatic hydroxyl groups is 1. The molecule has 0 fully saturated rings. The summed E-state index contributed by atoms with van der Waals surface area (Å²) in [5.74, 6) is -0.251. The van der Waals surface area contributed by atoms with Crippen molar-refractivity contribution in [3.8, 4) is 5.75 Å². The zero-order valence-electron chi connectivity index (χ0n) is 10.8. The number of carbonyl (C=O) groups is 2. The number of fused-ring (bicyclic) bond motifs is 1. The summed E-state index contributed by atoms with van der Waals surface area (Å²) in [7, 11) is 0. The Morgan fingerprint density at radius 2 is 1.85 bits per heavy atom. The number of benzene rings is 2. The lowest BCUT2D eigenvalue weighted by Crippen LogP contribution is -2.39. The average Bonchev–Trinajstić information content (AvgIpc) is 2.41. The van der Waals surface area contributed by atoms with E-state index in [1.165, 1.54) is 11.8 Å². The Kier molecular flexibility index (Phi) is 4.14. The van der Waals surface area contributed by atoms with Crippen molar-refractivity contribution in [2.75, 3.05) is 0 Å². The second kappa shape index (κ2) is 5.83. The highest BCUT2D eigenvalue weighted by atomic mass is 32.2. The first-order chi connectivity index (χ1) is 9.49. The fourth-order valence-electron chi connectivity index (χ4n) is 1.83. The molecule has 5 nitrogen and oxygen atoms in total. The summed E-state index contributed by atoms with van der Waals surface area (Å²) >= 11 is 1.30. The lowest BCUT2D eigenvalue weighted by atomic mass is 10.1. The minimum Gasteiger partial charge on any atom is -0.507 e. The molecule has 0 saturated carbocycles. The number of amides is 3. The van der Waals surface area contributed by atoms with E-state index in [2.05, 4.69) is 5.32 Å². The van der Waals surface area contributed by atoms with Gasteiger partial charge < -0.3 is 10.8 Å². The Hall–Kier alpha value is -2.21. The zero-order valence-corrected chi connectivity index (χ0v) is 11.6. The number of urea groups is 1. The van der Waals surface area contributed by atoms with Gasteiger partial charge in [-0.15, -0.1) is 11.8 Å². The van der Waals surface area contributed by atoms with Crippen molar-refractivity contribution in [2.24, 2.45) is 5.73 Å². The molecule has 0 spiro atoms. The molecule has 1 unspecified atom stereocenters. The van der Waals surface area contributed by atoms with E-state index in [1.807, 2.05) is 24.3 Å². The molecule has 0 aliphatic rings. The van der Waals surface area contributed by atoms with Crippen molar-refractivity contribution in [2.45, 2.75) is 17.1 Å². The van der Waals surface area contributed by atoms with Crippen LogP contribution in [0.1, 0.15) is 6.92 Å². The van der Waals surface area contributed by atoms with Crippen molar-refractivity contribution >= 4 is 34.5 Å².